The van der Waals surface area contributed by atoms with E-state index in [1.807, 2.05) is 24.3 Å². The van der Waals surface area contributed by atoms with Gasteiger partial charge in [0.1, 0.15) is 23.9 Å². The quantitative estimate of drug-likeness (QED) is 0.399. The smallest absolute Gasteiger partial charge is 0.264 e. The van der Waals surface area contributed by atoms with Crippen LogP contribution in [0.15, 0.2) is 71.6 Å². The van der Waals surface area contributed by atoms with E-state index in [1.165, 1.54) is 25.3 Å². The van der Waals surface area contributed by atoms with Gasteiger partial charge < -0.3 is 19.5 Å². The molecule has 0 bridgehead atoms. The van der Waals surface area contributed by atoms with E-state index >= 15 is 0 Å². The van der Waals surface area contributed by atoms with Crippen molar-refractivity contribution in [2.75, 3.05) is 31.1 Å². The lowest BCUT2D eigenvalue weighted by Crippen LogP contribution is -2.51. The molecule has 0 saturated heterocycles. The molecule has 1 N–H and O–H groups in total. The largest absolute Gasteiger partial charge is 0.497 e. The molecule has 1 atom stereocenters. The molecule has 1 amide bonds. The number of amides is 1. The third kappa shape index (κ3) is 6.00. The first-order valence-electron chi connectivity index (χ1n) is 12.1. The van der Waals surface area contributed by atoms with Crippen molar-refractivity contribution < 1.29 is 27.4 Å². The number of hydrogen-bond donors (Lipinski definition) is 1. The van der Waals surface area contributed by atoms with Gasteiger partial charge in [-0.2, -0.15) is 0 Å². The molecule has 1 heterocycles. The van der Waals surface area contributed by atoms with Crippen molar-refractivity contribution in [2.45, 2.75) is 37.2 Å². The Kier molecular flexibility index (Phi) is 8.08. The molecule has 8 nitrogen and oxygen atoms in total. The first-order valence-corrected chi connectivity index (χ1v) is 14.0. The molecule has 1 unspecified atom stereocenters. The predicted molar refractivity (Wildman–Crippen MR) is 147 cm³/mol. The Labute approximate surface area is 228 Å². The number of rotatable bonds is 8. The summed E-state index contributed by atoms with van der Waals surface area (Å²) in [5.41, 5.74) is 1.24. The second-order valence-electron chi connectivity index (χ2n) is 9.82. The van der Waals surface area contributed by atoms with Gasteiger partial charge in [0.2, 0.25) is 0 Å². The van der Waals surface area contributed by atoms with E-state index in [0.29, 0.717) is 10.8 Å². The van der Waals surface area contributed by atoms with Crippen LogP contribution in [0.3, 0.4) is 0 Å². The van der Waals surface area contributed by atoms with Gasteiger partial charge in [0, 0.05) is 5.02 Å². The fraction of sp³-hybridized carbons (Fsp3) is 0.321. The second-order valence-corrected chi connectivity index (χ2v) is 12.1. The third-order valence-corrected chi connectivity index (χ3v) is 8.11. The van der Waals surface area contributed by atoms with E-state index in [9.17, 15) is 13.2 Å². The van der Waals surface area contributed by atoms with E-state index in [-0.39, 0.29) is 41.4 Å². The summed E-state index contributed by atoms with van der Waals surface area (Å²) >= 11 is 6.16. The number of carbonyl (C=O) groups is 1. The lowest BCUT2D eigenvalue weighted by Gasteiger charge is -2.35. The van der Waals surface area contributed by atoms with E-state index in [0.717, 1.165) is 15.6 Å². The maximum atomic E-state index is 13.6. The zero-order chi connectivity index (χ0) is 27.5. The zero-order valence-corrected chi connectivity index (χ0v) is 23.3. The highest BCUT2D eigenvalue weighted by Crippen LogP contribution is 2.39. The maximum absolute atomic E-state index is 13.6. The topological polar surface area (TPSA) is 94.2 Å². The van der Waals surface area contributed by atoms with Gasteiger partial charge in [0.25, 0.3) is 15.9 Å². The van der Waals surface area contributed by atoms with Crippen molar-refractivity contribution in [3.8, 4) is 17.2 Å². The van der Waals surface area contributed by atoms with E-state index in [4.69, 9.17) is 25.8 Å². The van der Waals surface area contributed by atoms with E-state index in [2.05, 4.69) is 26.1 Å². The summed E-state index contributed by atoms with van der Waals surface area (Å²) in [6.07, 6.45) is -1.07. The predicted octanol–water partition coefficient (Wildman–Crippen LogP) is 4.80. The maximum Gasteiger partial charge on any atom is 0.264 e. The Morgan fingerprint density at radius 3 is 2.50 bits per heavy atom. The highest BCUT2D eigenvalue weighted by molar-refractivity contribution is 7.92. The van der Waals surface area contributed by atoms with Crippen molar-refractivity contribution >= 4 is 33.2 Å². The number of halogens is 1. The van der Waals surface area contributed by atoms with Crippen LogP contribution in [0.4, 0.5) is 5.69 Å². The average Bonchev–Trinajstić information content (AvgIpc) is 2.90. The Morgan fingerprint density at radius 2 is 1.82 bits per heavy atom. The van der Waals surface area contributed by atoms with Gasteiger partial charge in [-0.25, -0.2) is 8.42 Å². The number of sulfonamides is 1. The van der Waals surface area contributed by atoms with Crippen LogP contribution in [0.5, 0.6) is 17.2 Å². The minimum Gasteiger partial charge on any atom is -0.497 e. The summed E-state index contributed by atoms with van der Waals surface area (Å²) in [5.74, 6) is 1.08. The lowest BCUT2D eigenvalue weighted by molar-refractivity contribution is -0.127. The lowest BCUT2D eigenvalue weighted by atomic mass is 9.86. The molecule has 4 rings (SSSR count). The summed E-state index contributed by atoms with van der Waals surface area (Å²) in [5, 5.41) is 3.14. The number of methoxy groups -OCH3 is 1. The van der Waals surface area contributed by atoms with Gasteiger partial charge in [-0.05, 0) is 59.5 Å². The molecule has 3 aromatic carbocycles. The summed E-state index contributed by atoms with van der Waals surface area (Å²) in [7, 11) is -2.53. The van der Waals surface area contributed by atoms with Gasteiger partial charge in [-0.1, -0.05) is 50.6 Å². The average molecular weight is 559 g/mol. The van der Waals surface area contributed by atoms with Crippen LogP contribution in [-0.2, 0) is 20.2 Å². The summed E-state index contributed by atoms with van der Waals surface area (Å²) in [6, 6.07) is 18.5. The third-order valence-electron chi connectivity index (χ3n) is 6.08. The molecular weight excluding hydrogens is 528 g/mol. The summed E-state index contributed by atoms with van der Waals surface area (Å²) < 4.78 is 45.3. The number of para-hydroxylation sites is 1. The number of nitrogens with one attached hydrogen (secondary N) is 1. The Hall–Kier alpha value is -3.43. The highest BCUT2D eigenvalue weighted by atomic mass is 35.5. The fourth-order valence-corrected chi connectivity index (χ4v) is 5.76. The molecule has 10 heteroatoms. The van der Waals surface area contributed by atoms with E-state index < -0.39 is 22.0 Å². The van der Waals surface area contributed by atoms with Crippen LogP contribution < -0.4 is 23.8 Å². The van der Waals surface area contributed by atoms with Crippen LogP contribution in [0.1, 0.15) is 26.3 Å². The number of benzene rings is 3. The van der Waals surface area contributed by atoms with Crippen LogP contribution in [0, 0.1) is 0 Å². The first kappa shape index (κ1) is 27.6. The number of carbonyl (C=O) groups excluding carboxylic acids is 1. The number of ether oxygens (including phenoxy) is 3. The number of anilines is 1. The Balaban J connectivity index is 1.48. The first-order chi connectivity index (χ1) is 18.0. The number of fused-ring (bicyclic) bond motifs is 1. The van der Waals surface area contributed by atoms with Crippen LogP contribution in [0.2, 0.25) is 5.02 Å². The molecule has 0 aromatic heterocycles. The second kappa shape index (κ2) is 11.1. The molecule has 0 fully saturated rings. The van der Waals surface area contributed by atoms with Crippen LogP contribution in [0.25, 0.3) is 0 Å². The van der Waals surface area contributed by atoms with Crippen molar-refractivity contribution in [2.24, 2.45) is 0 Å². The standard InChI is InChI=1S/C28H31ClN2O6S/c1-28(2,3)22-7-5-6-8-24(22)36-16-15-30-27(32)26-18-31(23-17-19(29)9-14-25(23)37-26)38(33,34)21-12-10-20(35-4)11-13-21/h5-14,17,26H,15-16,18H2,1-4H3,(H,30,32). The van der Waals surface area contributed by atoms with Crippen molar-refractivity contribution in [3.63, 3.8) is 0 Å². The van der Waals surface area contributed by atoms with Gasteiger partial charge in [0.15, 0.2) is 6.10 Å². The van der Waals surface area contributed by atoms with Crippen molar-refractivity contribution in [1.82, 2.24) is 5.32 Å². The summed E-state index contributed by atoms with van der Waals surface area (Å²) in [6.45, 7) is 6.55. The Bertz CT molecular complexity index is 1400. The van der Waals surface area contributed by atoms with Gasteiger partial charge in [0.05, 0.1) is 30.8 Å². The van der Waals surface area contributed by atoms with Crippen LogP contribution >= 0.6 is 11.6 Å². The van der Waals surface area contributed by atoms with E-state index in [1.54, 1.807) is 24.3 Å². The normalized spacial score (nSPS) is 15.3. The molecule has 1 aliphatic heterocycles. The molecule has 0 saturated carbocycles. The van der Waals surface area contributed by atoms with Gasteiger partial charge in [-0.3, -0.25) is 9.10 Å². The van der Waals surface area contributed by atoms with Crippen molar-refractivity contribution in [1.29, 1.82) is 0 Å². The number of nitrogens with zero attached hydrogens (tertiary/aromatic N) is 1. The molecule has 1 aliphatic rings. The summed E-state index contributed by atoms with van der Waals surface area (Å²) in [4.78, 5) is 13.1. The molecule has 0 spiro atoms. The highest BCUT2D eigenvalue weighted by Gasteiger charge is 2.37. The minimum atomic E-state index is -4.03. The van der Waals surface area contributed by atoms with Crippen molar-refractivity contribution in [3.05, 3.63) is 77.3 Å². The molecule has 3 aromatic rings. The van der Waals surface area contributed by atoms with Gasteiger partial charge >= 0.3 is 0 Å². The SMILES string of the molecule is COc1ccc(S(=O)(=O)N2CC(C(=O)NCCOc3ccccc3C(C)(C)C)Oc3ccc(Cl)cc32)cc1. The molecule has 202 valence electrons. The molecule has 38 heavy (non-hydrogen) atoms. The monoisotopic (exact) mass is 558 g/mol. The van der Waals surface area contributed by atoms with Crippen LogP contribution in [-0.4, -0.2) is 47.2 Å². The Morgan fingerprint density at radius 1 is 1.11 bits per heavy atom. The minimum absolute atomic E-state index is 0.0520. The van der Waals surface area contributed by atoms with Gasteiger partial charge in [-0.15, -0.1) is 0 Å². The zero-order valence-electron chi connectivity index (χ0n) is 21.7. The fourth-order valence-electron chi connectivity index (χ4n) is 4.12. The number of hydrogen-bond acceptors (Lipinski definition) is 6. The molecule has 0 aliphatic carbocycles. The molecule has 0 radical (unpaired) electrons. The molecular formula is C28H31ClN2O6S.